The molecule has 0 aromatic rings. The first-order chi connectivity index (χ1) is 8.57. The van der Waals surface area contributed by atoms with E-state index in [9.17, 15) is 9.59 Å². The predicted octanol–water partition coefficient (Wildman–Crippen LogP) is 1.25. The number of hydrogen-bond donors (Lipinski definition) is 3. The molecule has 1 amide bonds. The second kappa shape index (κ2) is 11.3. The van der Waals surface area contributed by atoms with Crippen LogP contribution in [0.4, 0.5) is 0 Å². The Morgan fingerprint density at radius 2 is 1.83 bits per heavy atom. The van der Waals surface area contributed by atoms with Crippen LogP contribution in [0.25, 0.3) is 0 Å². The SMILES string of the molecule is CC(=O)NC(CCSCCCCCCO)C(=O)O. The zero-order valence-electron chi connectivity index (χ0n) is 10.9. The average Bonchev–Trinajstić information content (AvgIpc) is 2.30. The Labute approximate surface area is 112 Å². The van der Waals surface area contributed by atoms with Crippen molar-refractivity contribution in [1.82, 2.24) is 5.32 Å². The van der Waals surface area contributed by atoms with Crippen LogP contribution in [0.5, 0.6) is 0 Å². The first-order valence-electron chi connectivity index (χ1n) is 6.26. The van der Waals surface area contributed by atoms with Crippen molar-refractivity contribution < 1.29 is 19.8 Å². The van der Waals surface area contributed by atoms with Crippen molar-refractivity contribution in [2.45, 2.75) is 45.1 Å². The molecule has 0 bridgehead atoms. The average molecular weight is 277 g/mol. The standard InChI is InChI=1S/C12H23NO4S/c1-10(15)13-11(12(16)17)6-9-18-8-5-3-2-4-7-14/h11,14H,2-9H2,1H3,(H,13,15)(H,16,17). The Morgan fingerprint density at radius 3 is 2.39 bits per heavy atom. The molecule has 0 saturated carbocycles. The van der Waals surface area contributed by atoms with Crippen molar-refractivity contribution in [2.75, 3.05) is 18.1 Å². The van der Waals surface area contributed by atoms with Gasteiger partial charge >= 0.3 is 5.97 Å². The molecule has 3 N–H and O–H groups in total. The highest BCUT2D eigenvalue weighted by Crippen LogP contribution is 2.10. The third-order valence-corrected chi connectivity index (χ3v) is 3.52. The number of unbranched alkanes of at least 4 members (excludes halogenated alkanes) is 3. The Kier molecular flexibility index (Phi) is 10.9. The van der Waals surface area contributed by atoms with Gasteiger partial charge in [-0.1, -0.05) is 12.8 Å². The smallest absolute Gasteiger partial charge is 0.326 e. The summed E-state index contributed by atoms with van der Waals surface area (Å²) in [6, 6.07) is -0.774. The van der Waals surface area contributed by atoms with Crippen LogP contribution >= 0.6 is 11.8 Å². The van der Waals surface area contributed by atoms with Gasteiger partial charge in [0.05, 0.1) is 0 Å². The van der Waals surface area contributed by atoms with Crippen molar-refractivity contribution in [3.8, 4) is 0 Å². The van der Waals surface area contributed by atoms with Gasteiger partial charge < -0.3 is 15.5 Å². The van der Waals surface area contributed by atoms with Gasteiger partial charge in [-0.05, 0) is 30.8 Å². The first-order valence-corrected chi connectivity index (χ1v) is 7.42. The molecule has 0 radical (unpaired) electrons. The van der Waals surface area contributed by atoms with E-state index < -0.39 is 12.0 Å². The lowest BCUT2D eigenvalue weighted by molar-refractivity contribution is -0.141. The molecule has 0 heterocycles. The molecule has 106 valence electrons. The number of amides is 1. The van der Waals surface area contributed by atoms with Gasteiger partial charge in [-0.2, -0.15) is 11.8 Å². The number of aliphatic carboxylic acids is 1. The normalized spacial score (nSPS) is 12.1. The van der Waals surface area contributed by atoms with Crippen molar-refractivity contribution in [2.24, 2.45) is 0 Å². The maximum absolute atomic E-state index is 10.8. The molecule has 18 heavy (non-hydrogen) atoms. The van der Waals surface area contributed by atoms with Crippen LogP contribution in [0.2, 0.25) is 0 Å². The van der Waals surface area contributed by atoms with Gasteiger partial charge in [0.15, 0.2) is 0 Å². The van der Waals surface area contributed by atoms with Gasteiger partial charge in [-0.25, -0.2) is 4.79 Å². The Hall–Kier alpha value is -0.750. The number of nitrogens with one attached hydrogen (secondary N) is 1. The molecule has 0 spiro atoms. The summed E-state index contributed by atoms with van der Waals surface area (Å²) in [5, 5.41) is 19.9. The van der Waals surface area contributed by atoms with Crippen LogP contribution in [-0.4, -0.2) is 46.2 Å². The molecule has 0 aliphatic heterocycles. The van der Waals surface area contributed by atoms with Crippen molar-refractivity contribution in [3.05, 3.63) is 0 Å². The van der Waals surface area contributed by atoms with Crippen LogP contribution in [0.1, 0.15) is 39.0 Å². The molecular formula is C12H23NO4S. The van der Waals surface area contributed by atoms with Gasteiger partial charge in [0, 0.05) is 13.5 Å². The zero-order valence-corrected chi connectivity index (χ0v) is 11.7. The van der Waals surface area contributed by atoms with Crippen LogP contribution in [-0.2, 0) is 9.59 Å². The fourth-order valence-corrected chi connectivity index (χ4v) is 2.49. The number of carbonyl (C=O) groups is 2. The Bertz CT molecular complexity index is 248. The summed E-state index contributed by atoms with van der Waals surface area (Å²) in [6.45, 7) is 1.58. The third kappa shape index (κ3) is 10.4. The highest BCUT2D eigenvalue weighted by molar-refractivity contribution is 7.99. The van der Waals surface area contributed by atoms with E-state index in [-0.39, 0.29) is 12.5 Å². The molecule has 0 aromatic heterocycles. The van der Waals surface area contributed by atoms with Crippen molar-refractivity contribution in [3.63, 3.8) is 0 Å². The second-order valence-electron chi connectivity index (χ2n) is 4.13. The molecule has 0 fully saturated rings. The molecule has 0 rings (SSSR count). The Balaban J connectivity index is 3.49. The summed E-state index contributed by atoms with van der Waals surface area (Å²) in [5.41, 5.74) is 0. The number of carboxylic acid groups (broad SMARTS) is 1. The number of rotatable bonds is 11. The van der Waals surface area contributed by atoms with Crippen LogP contribution < -0.4 is 5.32 Å². The number of aliphatic hydroxyl groups is 1. The molecular weight excluding hydrogens is 254 g/mol. The summed E-state index contributed by atoms with van der Waals surface area (Å²) in [4.78, 5) is 21.6. The second-order valence-corrected chi connectivity index (χ2v) is 5.35. The summed E-state index contributed by atoms with van der Waals surface area (Å²) in [6.07, 6.45) is 4.54. The minimum absolute atomic E-state index is 0.254. The molecule has 0 aliphatic rings. The minimum Gasteiger partial charge on any atom is -0.480 e. The minimum atomic E-state index is -0.978. The highest BCUT2D eigenvalue weighted by Gasteiger charge is 2.17. The number of thioether (sulfide) groups is 1. The lowest BCUT2D eigenvalue weighted by atomic mass is 10.2. The lowest BCUT2D eigenvalue weighted by Crippen LogP contribution is -2.39. The van der Waals surface area contributed by atoms with Gasteiger partial charge in [-0.3, -0.25) is 4.79 Å². The summed E-state index contributed by atoms with van der Waals surface area (Å²) in [7, 11) is 0. The monoisotopic (exact) mass is 277 g/mol. The van der Waals surface area contributed by atoms with E-state index in [0.29, 0.717) is 6.42 Å². The fourth-order valence-electron chi connectivity index (χ4n) is 1.48. The summed E-state index contributed by atoms with van der Waals surface area (Å²) >= 11 is 1.71. The molecule has 6 heteroatoms. The number of hydrogen-bond acceptors (Lipinski definition) is 4. The van der Waals surface area contributed by atoms with Crippen molar-refractivity contribution >= 4 is 23.6 Å². The maximum Gasteiger partial charge on any atom is 0.326 e. The third-order valence-electron chi connectivity index (χ3n) is 2.42. The van der Waals surface area contributed by atoms with E-state index in [1.807, 2.05) is 0 Å². The first kappa shape index (κ1) is 17.2. The predicted molar refractivity (Wildman–Crippen MR) is 72.7 cm³/mol. The molecule has 1 unspecified atom stereocenters. The maximum atomic E-state index is 10.8. The summed E-state index contributed by atoms with van der Waals surface area (Å²) < 4.78 is 0. The number of carboxylic acids is 1. The van der Waals surface area contributed by atoms with E-state index in [2.05, 4.69) is 5.32 Å². The quantitative estimate of drug-likeness (QED) is 0.495. The van der Waals surface area contributed by atoms with Crippen LogP contribution in [0.15, 0.2) is 0 Å². The van der Waals surface area contributed by atoms with E-state index >= 15 is 0 Å². The van der Waals surface area contributed by atoms with Gasteiger partial charge in [0.1, 0.15) is 6.04 Å². The summed E-state index contributed by atoms with van der Waals surface area (Å²) in [5.74, 6) is 0.444. The lowest BCUT2D eigenvalue weighted by Gasteiger charge is -2.12. The van der Waals surface area contributed by atoms with Crippen LogP contribution in [0.3, 0.4) is 0 Å². The van der Waals surface area contributed by atoms with Gasteiger partial charge in [0.2, 0.25) is 5.91 Å². The van der Waals surface area contributed by atoms with E-state index in [1.54, 1.807) is 11.8 Å². The number of carbonyl (C=O) groups excluding carboxylic acids is 1. The molecule has 1 atom stereocenters. The molecule has 0 saturated heterocycles. The Morgan fingerprint density at radius 1 is 1.17 bits per heavy atom. The van der Waals surface area contributed by atoms with E-state index in [0.717, 1.165) is 37.2 Å². The van der Waals surface area contributed by atoms with E-state index in [1.165, 1.54) is 6.92 Å². The highest BCUT2D eigenvalue weighted by atomic mass is 32.2. The van der Waals surface area contributed by atoms with Gasteiger partial charge in [-0.15, -0.1) is 0 Å². The molecule has 0 aliphatic carbocycles. The number of aliphatic hydroxyl groups excluding tert-OH is 1. The largest absolute Gasteiger partial charge is 0.480 e. The zero-order chi connectivity index (χ0) is 13.8. The molecule has 0 aromatic carbocycles. The fraction of sp³-hybridized carbons (Fsp3) is 0.833. The van der Waals surface area contributed by atoms with E-state index in [4.69, 9.17) is 10.2 Å². The van der Waals surface area contributed by atoms with Crippen molar-refractivity contribution in [1.29, 1.82) is 0 Å². The topological polar surface area (TPSA) is 86.6 Å². The van der Waals surface area contributed by atoms with Gasteiger partial charge in [0.25, 0.3) is 0 Å². The van der Waals surface area contributed by atoms with Crippen LogP contribution in [0, 0.1) is 0 Å². The molecule has 5 nitrogen and oxygen atoms in total.